The molecule has 0 amide bonds. The van der Waals surface area contributed by atoms with Crippen LogP contribution in [0.15, 0.2) is 0 Å². The van der Waals surface area contributed by atoms with Crippen molar-refractivity contribution in [3.63, 3.8) is 0 Å². The summed E-state index contributed by atoms with van der Waals surface area (Å²) in [6.07, 6.45) is -0.634. The quantitative estimate of drug-likeness (QED) is 0.747. The molecule has 0 aliphatic carbocycles. The Kier molecular flexibility index (Phi) is 9.06. The van der Waals surface area contributed by atoms with E-state index in [1.54, 1.807) is 0 Å². The zero-order chi connectivity index (χ0) is 17.4. The van der Waals surface area contributed by atoms with E-state index in [0.29, 0.717) is 44.7 Å². The van der Waals surface area contributed by atoms with Crippen molar-refractivity contribution in [2.75, 3.05) is 26.4 Å². The normalized spacial score (nSPS) is 30.5. The van der Waals surface area contributed by atoms with Crippen LogP contribution in [0.25, 0.3) is 0 Å². The number of hydrogen-bond donors (Lipinski definition) is 1. The number of hydrogen-bond acceptors (Lipinski definition) is 6. The van der Waals surface area contributed by atoms with Crippen molar-refractivity contribution in [1.82, 2.24) is 0 Å². The standard InChI is InChI=1S/C17H33NO5/c1-11(2)8-21-15-10-20-7-6-14(18)17(19)23-13(5)16(15)22-9-12(3)4/h11-16H,6-10,18H2,1-5H3/t13-,14-,15-,16-/m0/s1. The zero-order valence-electron chi connectivity index (χ0n) is 15.1. The molecule has 1 rings (SSSR count). The van der Waals surface area contributed by atoms with E-state index in [0.717, 1.165) is 0 Å². The Hall–Kier alpha value is -0.690. The summed E-state index contributed by atoms with van der Waals surface area (Å²) < 4.78 is 23.1. The Morgan fingerprint density at radius 3 is 2.39 bits per heavy atom. The van der Waals surface area contributed by atoms with Gasteiger partial charge in [-0.3, -0.25) is 4.79 Å². The average Bonchev–Trinajstić information content (AvgIpc) is 2.46. The van der Waals surface area contributed by atoms with Gasteiger partial charge in [-0.2, -0.15) is 0 Å². The Balaban J connectivity index is 2.83. The van der Waals surface area contributed by atoms with Crippen LogP contribution in [-0.4, -0.2) is 56.8 Å². The van der Waals surface area contributed by atoms with Gasteiger partial charge in [-0.05, 0) is 25.2 Å². The largest absolute Gasteiger partial charge is 0.459 e. The molecule has 0 aromatic rings. The summed E-state index contributed by atoms with van der Waals surface area (Å²) in [4.78, 5) is 12.0. The van der Waals surface area contributed by atoms with Crippen LogP contribution in [0, 0.1) is 11.8 Å². The summed E-state index contributed by atoms with van der Waals surface area (Å²) in [5.74, 6) is 0.369. The maximum Gasteiger partial charge on any atom is 0.323 e. The highest BCUT2D eigenvalue weighted by atomic mass is 16.6. The van der Waals surface area contributed by atoms with Crippen molar-refractivity contribution < 1.29 is 23.7 Å². The predicted molar refractivity (Wildman–Crippen MR) is 88.1 cm³/mol. The second-order valence-electron chi connectivity index (χ2n) is 7.07. The lowest BCUT2D eigenvalue weighted by Gasteiger charge is -2.33. The van der Waals surface area contributed by atoms with Crippen LogP contribution in [0.4, 0.5) is 0 Å². The third-order valence-corrected chi connectivity index (χ3v) is 3.55. The molecule has 0 radical (unpaired) electrons. The molecule has 1 aliphatic rings. The molecule has 23 heavy (non-hydrogen) atoms. The topological polar surface area (TPSA) is 80.0 Å². The molecule has 1 saturated heterocycles. The van der Waals surface area contributed by atoms with Gasteiger partial charge in [0.1, 0.15) is 24.4 Å². The van der Waals surface area contributed by atoms with Crippen molar-refractivity contribution in [2.24, 2.45) is 17.6 Å². The SMILES string of the molecule is CC(C)CO[C@H]1[C@H](C)OC(=O)[C@@H](N)CCOC[C@@H]1OCC(C)C. The van der Waals surface area contributed by atoms with Gasteiger partial charge < -0.3 is 24.7 Å². The van der Waals surface area contributed by atoms with Crippen LogP contribution >= 0.6 is 0 Å². The fraction of sp³-hybridized carbons (Fsp3) is 0.941. The maximum atomic E-state index is 12.0. The number of esters is 1. The summed E-state index contributed by atoms with van der Waals surface area (Å²) in [7, 11) is 0. The molecule has 136 valence electrons. The third kappa shape index (κ3) is 7.61. The Morgan fingerprint density at radius 1 is 1.17 bits per heavy atom. The number of ether oxygens (including phenoxy) is 4. The summed E-state index contributed by atoms with van der Waals surface area (Å²) >= 11 is 0. The smallest absolute Gasteiger partial charge is 0.323 e. The molecule has 2 N–H and O–H groups in total. The molecule has 1 heterocycles. The minimum atomic E-state index is -0.656. The van der Waals surface area contributed by atoms with Crippen molar-refractivity contribution in [2.45, 2.75) is 65.4 Å². The molecular weight excluding hydrogens is 298 g/mol. The first kappa shape index (κ1) is 20.4. The number of nitrogens with two attached hydrogens (primary N) is 1. The van der Waals surface area contributed by atoms with Gasteiger partial charge in [0.2, 0.25) is 0 Å². The van der Waals surface area contributed by atoms with Gasteiger partial charge >= 0.3 is 5.97 Å². The van der Waals surface area contributed by atoms with Gasteiger partial charge in [-0.15, -0.1) is 0 Å². The van der Waals surface area contributed by atoms with Crippen LogP contribution in [0.5, 0.6) is 0 Å². The molecule has 1 aliphatic heterocycles. The molecule has 0 aromatic heterocycles. The van der Waals surface area contributed by atoms with Crippen molar-refractivity contribution in [3.05, 3.63) is 0 Å². The Bertz CT molecular complexity index is 348. The van der Waals surface area contributed by atoms with Crippen molar-refractivity contribution >= 4 is 5.97 Å². The lowest BCUT2D eigenvalue weighted by Crippen LogP contribution is -2.48. The van der Waals surface area contributed by atoms with Gasteiger partial charge in [0, 0.05) is 19.8 Å². The van der Waals surface area contributed by atoms with E-state index < -0.39 is 18.1 Å². The number of cyclic esters (lactones) is 1. The minimum Gasteiger partial charge on any atom is -0.459 e. The molecule has 0 unspecified atom stereocenters. The van der Waals surface area contributed by atoms with Gasteiger partial charge in [-0.1, -0.05) is 27.7 Å². The van der Waals surface area contributed by atoms with E-state index in [4.69, 9.17) is 24.7 Å². The van der Waals surface area contributed by atoms with E-state index in [1.165, 1.54) is 0 Å². The van der Waals surface area contributed by atoms with Crippen molar-refractivity contribution in [3.8, 4) is 0 Å². The van der Waals surface area contributed by atoms with Crippen LogP contribution in [0.3, 0.4) is 0 Å². The summed E-state index contributed by atoms with van der Waals surface area (Å²) in [5, 5.41) is 0. The average molecular weight is 331 g/mol. The van der Waals surface area contributed by atoms with E-state index in [2.05, 4.69) is 27.7 Å². The highest BCUT2D eigenvalue weighted by Crippen LogP contribution is 2.17. The number of rotatable bonds is 6. The maximum absolute atomic E-state index is 12.0. The van der Waals surface area contributed by atoms with Gasteiger partial charge in [0.25, 0.3) is 0 Å². The van der Waals surface area contributed by atoms with E-state index in [9.17, 15) is 4.79 Å². The van der Waals surface area contributed by atoms with Gasteiger partial charge in [0.05, 0.1) is 6.61 Å². The van der Waals surface area contributed by atoms with Crippen LogP contribution in [-0.2, 0) is 23.7 Å². The lowest BCUT2D eigenvalue weighted by molar-refractivity contribution is -0.180. The third-order valence-electron chi connectivity index (χ3n) is 3.55. The molecule has 4 atom stereocenters. The minimum absolute atomic E-state index is 0.270. The van der Waals surface area contributed by atoms with Crippen LogP contribution < -0.4 is 5.73 Å². The number of carbonyl (C=O) groups excluding carboxylic acids is 1. The molecule has 1 fully saturated rings. The molecule has 0 spiro atoms. The highest BCUT2D eigenvalue weighted by Gasteiger charge is 2.34. The molecule has 6 nitrogen and oxygen atoms in total. The predicted octanol–water partition coefficient (Wildman–Crippen LogP) is 1.75. The molecule has 0 bridgehead atoms. The van der Waals surface area contributed by atoms with E-state index >= 15 is 0 Å². The molecule has 0 aromatic carbocycles. The summed E-state index contributed by atoms with van der Waals surface area (Å²) in [5.41, 5.74) is 5.80. The van der Waals surface area contributed by atoms with E-state index in [-0.39, 0.29) is 12.2 Å². The lowest BCUT2D eigenvalue weighted by atomic mass is 10.1. The first-order valence-electron chi connectivity index (χ1n) is 8.58. The monoisotopic (exact) mass is 331 g/mol. The Labute approximate surface area is 140 Å². The fourth-order valence-corrected chi connectivity index (χ4v) is 2.27. The van der Waals surface area contributed by atoms with Crippen molar-refractivity contribution in [1.29, 1.82) is 0 Å². The first-order chi connectivity index (χ1) is 10.8. The fourth-order valence-electron chi connectivity index (χ4n) is 2.27. The molecular formula is C17H33NO5. The van der Waals surface area contributed by atoms with Gasteiger partial charge in [0.15, 0.2) is 0 Å². The number of carbonyl (C=O) groups is 1. The Morgan fingerprint density at radius 2 is 1.78 bits per heavy atom. The summed E-state index contributed by atoms with van der Waals surface area (Å²) in [6, 6.07) is -0.656. The van der Waals surface area contributed by atoms with E-state index in [1.807, 2.05) is 6.92 Å². The van der Waals surface area contributed by atoms with Gasteiger partial charge in [-0.25, -0.2) is 0 Å². The molecule has 0 saturated carbocycles. The second kappa shape index (κ2) is 10.2. The highest BCUT2D eigenvalue weighted by molar-refractivity contribution is 5.75. The zero-order valence-corrected chi connectivity index (χ0v) is 15.1. The van der Waals surface area contributed by atoms with Crippen LogP contribution in [0.1, 0.15) is 41.0 Å². The molecule has 6 heteroatoms. The summed E-state index contributed by atoms with van der Waals surface area (Å²) in [6.45, 7) is 12.1. The first-order valence-corrected chi connectivity index (χ1v) is 8.58. The van der Waals surface area contributed by atoms with Crippen LogP contribution in [0.2, 0.25) is 0 Å². The second-order valence-corrected chi connectivity index (χ2v) is 7.07.